The predicted molar refractivity (Wildman–Crippen MR) is 94.8 cm³/mol. The first-order valence-electron chi connectivity index (χ1n) is 7.78. The van der Waals surface area contributed by atoms with Crippen LogP contribution in [0.1, 0.15) is 5.69 Å². The van der Waals surface area contributed by atoms with Crippen molar-refractivity contribution in [2.75, 3.05) is 5.32 Å². The molecule has 0 unspecified atom stereocenters. The summed E-state index contributed by atoms with van der Waals surface area (Å²) < 4.78 is 6.83. The van der Waals surface area contributed by atoms with Crippen molar-refractivity contribution in [2.24, 2.45) is 0 Å². The molecule has 6 nitrogen and oxygen atoms in total. The minimum Gasteiger partial charge on any atom is -0.457 e. The fourth-order valence-electron chi connectivity index (χ4n) is 2.23. The number of hydrogen-bond acceptors (Lipinski definition) is 4. The number of anilines is 1. The van der Waals surface area contributed by atoms with Crippen LogP contribution in [0.2, 0.25) is 0 Å². The standard InChI is InChI=1S/C19H17N3O3/c1-14-7-12-19(24)22(21-14)13-18(23)20-15-8-10-17(11-9-15)25-16-5-3-2-4-6-16/h2-12H,13H2,1H3,(H,20,23). The fourth-order valence-corrected chi connectivity index (χ4v) is 2.23. The Morgan fingerprint density at radius 2 is 1.68 bits per heavy atom. The molecule has 126 valence electrons. The second-order valence-corrected chi connectivity index (χ2v) is 5.46. The van der Waals surface area contributed by atoms with E-state index < -0.39 is 0 Å². The molecule has 25 heavy (non-hydrogen) atoms. The largest absolute Gasteiger partial charge is 0.457 e. The Balaban J connectivity index is 1.62. The van der Waals surface area contributed by atoms with Gasteiger partial charge in [0, 0.05) is 11.8 Å². The summed E-state index contributed by atoms with van der Waals surface area (Å²) in [6, 6.07) is 19.4. The molecule has 0 radical (unpaired) electrons. The van der Waals surface area contributed by atoms with Gasteiger partial charge in [0.15, 0.2) is 0 Å². The van der Waals surface area contributed by atoms with Crippen molar-refractivity contribution in [2.45, 2.75) is 13.5 Å². The van der Waals surface area contributed by atoms with Crippen LogP contribution in [-0.4, -0.2) is 15.7 Å². The highest BCUT2D eigenvalue weighted by Gasteiger charge is 2.07. The number of ether oxygens (including phenoxy) is 1. The summed E-state index contributed by atoms with van der Waals surface area (Å²) in [5.74, 6) is 1.09. The Bertz CT molecular complexity index is 919. The molecule has 1 N–H and O–H groups in total. The van der Waals surface area contributed by atoms with E-state index in [4.69, 9.17) is 4.74 Å². The van der Waals surface area contributed by atoms with E-state index in [0.29, 0.717) is 17.1 Å². The number of para-hydroxylation sites is 1. The summed E-state index contributed by atoms with van der Waals surface area (Å²) >= 11 is 0. The molecule has 3 rings (SSSR count). The number of hydrogen-bond donors (Lipinski definition) is 1. The Morgan fingerprint density at radius 1 is 1.00 bits per heavy atom. The molecule has 0 saturated heterocycles. The van der Waals surface area contributed by atoms with Gasteiger partial charge >= 0.3 is 0 Å². The SMILES string of the molecule is Cc1ccc(=O)n(CC(=O)Nc2ccc(Oc3ccccc3)cc2)n1. The second kappa shape index (κ2) is 7.44. The molecule has 2 aromatic carbocycles. The molecular formula is C19H17N3O3. The Morgan fingerprint density at radius 3 is 2.40 bits per heavy atom. The molecule has 1 amide bonds. The number of nitrogens with one attached hydrogen (secondary N) is 1. The Labute approximate surface area is 144 Å². The first-order chi connectivity index (χ1) is 12.1. The Hall–Kier alpha value is -3.41. The van der Waals surface area contributed by atoms with Crippen LogP contribution < -0.4 is 15.6 Å². The number of benzene rings is 2. The number of rotatable bonds is 5. The van der Waals surface area contributed by atoms with Gasteiger partial charge in [-0.15, -0.1) is 0 Å². The molecule has 1 aromatic heterocycles. The van der Waals surface area contributed by atoms with E-state index >= 15 is 0 Å². The lowest BCUT2D eigenvalue weighted by Gasteiger charge is -2.09. The first kappa shape index (κ1) is 16.4. The van der Waals surface area contributed by atoms with Gasteiger partial charge in [-0.25, -0.2) is 4.68 Å². The smallest absolute Gasteiger partial charge is 0.267 e. The van der Waals surface area contributed by atoms with Gasteiger partial charge in [0.25, 0.3) is 5.56 Å². The van der Waals surface area contributed by atoms with E-state index in [-0.39, 0.29) is 18.0 Å². The number of carbonyl (C=O) groups excluding carboxylic acids is 1. The number of aromatic nitrogens is 2. The van der Waals surface area contributed by atoms with Gasteiger partial charge in [-0.3, -0.25) is 9.59 Å². The highest BCUT2D eigenvalue weighted by molar-refractivity contribution is 5.90. The normalized spacial score (nSPS) is 10.3. The third-order valence-corrected chi connectivity index (χ3v) is 3.41. The predicted octanol–water partition coefficient (Wildman–Crippen LogP) is 2.98. The van der Waals surface area contributed by atoms with Gasteiger partial charge in [-0.1, -0.05) is 18.2 Å². The highest BCUT2D eigenvalue weighted by Crippen LogP contribution is 2.22. The summed E-state index contributed by atoms with van der Waals surface area (Å²) in [4.78, 5) is 23.8. The van der Waals surface area contributed by atoms with Crippen molar-refractivity contribution >= 4 is 11.6 Å². The van der Waals surface area contributed by atoms with Crippen LogP contribution in [0.4, 0.5) is 5.69 Å². The molecule has 0 saturated carbocycles. The molecule has 0 bridgehead atoms. The monoisotopic (exact) mass is 335 g/mol. The van der Waals surface area contributed by atoms with Crippen LogP contribution in [0.15, 0.2) is 71.5 Å². The van der Waals surface area contributed by atoms with E-state index in [2.05, 4.69) is 10.4 Å². The van der Waals surface area contributed by atoms with Gasteiger partial charge in [-0.05, 0) is 49.4 Å². The van der Waals surface area contributed by atoms with E-state index in [1.165, 1.54) is 6.07 Å². The van der Waals surface area contributed by atoms with Crippen LogP contribution in [-0.2, 0) is 11.3 Å². The minimum atomic E-state index is -0.322. The van der Waals surface area contributed by atoms with Crippen LogP contribution in [0, 0.1) is 6.92 Å². The quantitative estimate of drug-likeness (QED) is 0.778. The average molecular weight is 335 g/mol. The topological polar surface area (TPSA) is 73.2 Å². The molecule has 0 aliphatic carbocycles. The lowest BCUT2D eigenvalue weighted by atomic mass is 10.3. The van der Waals surface area contributed by atoms with Crippen molar-refractivity contribution in [3.05, 3.63) is 82.8 Å². The van der Waals surface area contributed by atoms with Crippen molar-refractivity contribution in [3.8, 4) is 11.5 Å². The van der Waals surface area contributed by atoms with Gasteiger partial charge in [-0.2, -0.15) is 5.10 Å². The zero-order chi connectivity index (χ0) is 17.6. The summed E-state index contributed by atoms with van der Waals surface area (Å²) in [5.41, 5.74) is 0.980. The van der Waals surface area contributed by atoms with Crippen LogP contribution >= 0.6 is 0 Å². The van der Waals surface area contributed by atoms with Gasteiger partial charge in [0.05, 0.1) is 5.69 Å². The maximum absolute atomic E-state index is 12.1. The van der Waals surface area contributed by atoms with E-state index in [1.54, 1.807) is 37.3 Å². The molecule has 6 heteroatoms. The van der Waals surface area contributed by atoms with Gasteiger partial charge in [0.1, 0.15) is 18.0 Å². The van der Waals surface area contributed by atoms with Gasteiger partial charge < -0.3 is 10.1 Å². The molecule has 0 fully saturated rings. The fraction of sp³-hybridized carbons (Fsp3) is 0.105. The van der Waals surface area contributed by atoms with E-state index in [0.717, 1.165) is 10.4 Å². The number of aryl methyl sites for hydroxylation is 1. The molecule has 3 aromatic rings. The van der Waals surface area contributed by atoms with Crippen molar-refractivity contribution < 1.29 is 9.53 Å². The number of nitrogens with zero attached hydrogens (tertiary/aromatic N) is 2. The van der Waals surface area contributed by atoms with Crippen molar-refractivity contribution in [1.82, 2.24) is 9.78 Å². The molecular weight excluding hydrogens is 318 g/mol. The number of carbonyl (C=O) groups is 1. The first-order valence-corrected chi connectivity index (χ1v) is 7.78. The maximum atomic E-state index is 12.1. The maximum Gasteiger partial charge on any atom is 0.267 e. The molecule has 0 atom stereocenters. The summed E-state index contributed by atoms with van der Waals surface area (Å²) in [6.07, 6.45) is 0. The van der Waals surface area contributed by atoms with Crippen LogP contribution in [0.25, 0.3) is 0 Å². The lowest BCUT2D eigenvalue weighted by molar-refractivity contribution is -0.117. The summed E-state index contributed by atoms with van der Waals surface area (Å²) in [6.45, 7) is 1.63. The molecule has 0 spiro atoms. The van der Waals surface area contributed by atoms with E-state index in [1.807, 2.05) is 30.3 Å². The summed E-state index contributed by atoms with van der Waals surface area (Å²) in [5, 5.41) is 6.77. The zero-order valence-electron chi connectivity index (χ0n) is 13.7. The average Bonchev–Trinajstić information content (AvgIpc) is 2.61. The van der Waals surface area contributed by atoms with Gasteiger partial charge in [0.2, 0.25) is 5.91 Å². The highest BCUT2D eigenvalue weighted by atomic mass is 16.5. The summed E-state index contributed by atoms with van der Waals surface area (Å²) in [7, 11) is 0. The Kier molecular flexibility index (Phi) is 4.89. The zero-order valence-corrected chi connectivity index (χ0v) is 13.7. The third-order valence-electron chi connectivity index (χ3n) is 3.41. The van der Waals surface area contributed by atoms with Crippen molar-refractivity contribution in [3.63, 3.8) is 0 Å². The molecule has 1 heterocycles. The second-order valence-electron chi connectivity index (χ2n) is 5.46. The van der Waals surface area contributed by atoms with Crippen molar-refractivity contribution in [1.29, 1.82) is 0 Å². The number of amides is 1. The molecule has 0 aliphatic heterocycles. The minimum absolute atomic E-state index is 0.136. The van der Waals surface area contributed by atoms with Crippen LogP contribution in [0.3, 0.4) is 0 Å². The third kappa shape index (κ3) is 4.54. The molecule has 0 aliphatic rings. The lowest BCUT2D eigenvalue weighted by Crippen LogP contribution is -2.29. The van der Waals surface area contributed by atoms with E-state index in [9.17, 15) is 9.59 Å². The van der Waals surface area contributed by atoms with Crippen LogP contribution in [0.5, 0.6) is 11.5 Å².